The summed E-state index contributed by atoms with van der Waals surface area (Å²) in [6.45, 7) is 5.43. The van der Waals surface area contributed by atoms with E-state index in [-0.39, 0.29) is 11.2 Å². The van der Waals surface area contributed by atoms with Crippen molar-refractivity contribution in [2.75, 3.05) is 17.6 Å². The molecule has 1 fully saturated rings. The lowest BCUT2D eigenvalue weighted by atomic mass is 9.78. The highest BCUT2D eigenvalue weighted by Gasteiger charge is 2.34. The fourth-order valence-corrected chi connectivity index (χ4v) is 3.32. The van der Waals surface area contributed by atoms with Gasteiger partial charge in [0.15, 0.2) is 0 Å². The standard InChI is InChI=1S/C13H22ClN5/c1-9(2)7-13(5-3-4-6-13)8-16-12-18-10(14)17-11(15)19-12/h9H,3-8H2,1-2H3,(H3,15,16,17,18,19). The zero-order chi connectivity index (χ0) is 13.9. The summed E-state index contributed by atoms with van der Waals surface area (Å²) in [4.78, 5) is 11.9. The number of nitrogens with two attached hydrogens (primary N) is 1. The Morgan fingerprint density at radius 3 is 2.53 bits per heavy atom. The minimum absolute atomic E-state index is 0.138. The molecule has 1 heterocycles. The summed E-state index contributed by atoms with van der Waals surface area (Å²) in [6.07, 6.45) is 6.40. The van der Waals surface area contributed by atoms with E-state index in [1.807, 2.05) is 0 Å². The number of rotatable bonds is 5. The van der Waals surface area contributed by atoms with Crippen LogP contribution in [0.5, 0.6) is 0 Å². The van der Waals surface area contributed by atoms with Gasteiger partial charge < -0.3 is 11.1 Å². The van der Waals surface area contributed by atoms with Crippen molar-refractivity contribution in [2.45, 2.75) is 46.0 Å². The Labute approximate surface area is 119 Å². The topological polar surface area (TPSA) is 76.7 Å². The third-order valence-electron chi connectivity index (χ3n) is 3.75. The fraction of sp³-hybridized carbons (Fsp3) is 0.769. The molecule has 0 unspecified atom stereocenters. The van der Waals surface area contributed by atoms with Gasteiger partial charge in [0.1, 0.15) is 0 Å². The molecule has 1 aromatic heterocycles. The van der Waals surface area contributed by atoms with Gasteiger partial charge in [-0.25, -0.2) is 0 Å². The van der Waals surface area contributed by atoms with Gasteiger partial charge >= 0.3 is 0 Å². The second-order valence-electron chi connectivity index (χ2n) is 5.94. The lowest BCUT2D eigenvalue weighted by Gasteiger charge is -2.31. The van der Waals surface area contributed by atoms with E-state index in [4.69, 9.17) is 17.3 Å². The van der Waals surface area contributed by atoms with E-state index in [0.29, 0.717) is 17.3 Å². The lowest BCUT2D eigenvalue weighted by Crippen LogP contribution is -2.29. The maximum atomic E-state index is 5.78. The second kappa shape index (κ2) is 5.90. The van der Waals surface area contributed by atoms with Crippen LogP contribution in [-0.2, 0) is 0 Å². The summed E-state index contributed by atoms with van der Waals surface area (Å²) in [5.74, 6) is 1.34. The molecule has 0 spiro atoms. The van der Waals surface area contributed by atoms with Crippen molar-refractivity contribution in [1.82, 2.24) is 15.0 Å². The molecule has 0 bridgehead atoms. The number of halogens is 1. The number of aromatic nitrogens is 3. The SMILES string of the molecule is CC(C)CC1(CNc2nc(N)nc(Cl)n2)CCCC1. The van der Waals surface area contributed by atoms with Crippen LogP contribution in [0, 0.1) is 11.3 Å². The zero-order valence-corrected chi connectivity index (χ0v) is 12.4. The maximum absolute atomic E-state index is 5.78. The molecule has 5 nitrogen and oxygen atoms in total. The summed E-state index contributed by atoms with van der Waals surface area (Å²) in [5, 5.41) is 3.43. The highest BCUT2D eigenvalue weighted by molar-refractivity contribution is 6.28. The average Bonchev–Trinajstić information content (AvgIpc) is 2.73. The van der Waals surface area contributed by atoms with Crippen molar-refractivity contribution in [3.63, 3.8) is 0 Å². The van der Waals surface area contributed by atoms with Gasteiger partial charge in [0.25, 0.3) is 0 Å². The van der Waals surface area contributed by atoms with Crippen molar-refractivity contribution in [2.24, 2.45) is 11.3 Å². The van der Waals surface area contributed by atoms with Crippen LogP contribution in [0.3, 0.4) is 0 Å². The molecule has 1 saturated carbocycles. The van der Waals surface area contributed by atoms with E-state index >= 15 is 0 Å². The van der Waals surface area contributed by atoms with Crippen molar-refractivity contribution in [3.8, 4) is 0 Å². The molecule has 1 aromatic rings. The second-order valence-corrected chi connectivity index (χ2v) is 6.28. The molecule has 2 rings (SSSR count). The number of nitrogens with one attached hydrogen (secondary N) is 1. The Morgan fingerprint density at radius 1 is 1.26 bits per heavy atom. The monoisotopic (exact) mass is 283 g/mol. The Kier molecular flexibility index (Phi) is 4.45. The van der Waals surface area contributed by atoms with E-state index in [2.05, 4.69) is 34.1 Å². The maximum Gasteiger partial charge on any atom is 0.228 e. The first-order valence-electron chi connectivity index (χ1n) is 6.90. The van der Waals surface area contributed by atoms with Gasteiger partial charge in [0.05, 0.1) is 0 Å². The van der Waals surface area contributed by atoms with E-state index in [9.17, 15) is 0 Å². The first kappa shape index (κ1) is 14.3. The average molecular weight is 284 g/mol. The van der Waals surface area contributed by atoms with Crippen LogP contribution in [0.1, 0.15) is 46.0 Å². The van der Waals surface area contributed by atoms with E-state index in [0.717, 1.165) is 6.54 Å². The molecular formula is C13H22ClN5. The lowest BCUT2D eigenvalue weighted by molar-refractivity contribution is 0.252. The Bertz CT molecular complexity index is 409. The summed E-state index contributed by atoms with van der Waals surface area (Å²) < 4.78 is 0. The molecule has 1 aliphatic rings. The third-order valence-corrected chi connectivity index (χ3v) is 3.92. The van der Waals surface area contributed by atoms with Gasteiger partial charge in [0, 0.05) is 6.54 Å². The van der Waals surface area contributed by atoms with Gasteiger partial charge in [-0.2, -0.15) is 15.0 Å². The van der Waals surface area contributed by atoms with Crippen molar-refractivity contribution < 1.29 is 0 Å². The molecule has 0 radical (unpaired) electrons. The first-order valence-corrected chi connectivity index (χ1v) is 7.28. The van der Waals surface area contributed by atoms with Gasteiger partial charge in [-0.15, -0.1) is 0 Å². The largest absolute Gasteiger partial charge is 0.368 e. The Morgan fingerprint density at radius 2 is 1.95 bits per heavy atom. The van der Waals surface area contributed by atoms with Crippen LogP contribution in [0.4, 0.5) is 11.9 Å². The van der Waals surface area contributed by atoms with E-state index < -0.39 is 0 Å². The van der Waals surface area contributed by atoms with Crippen LogP contribution < -0.4 is 11.1 Å². The number of hydrogen-bond donors (Lipinski definition) is 2. The minimum atomic E-state index is 0.138. The number of anilines is 2. The molecule has 19 heavy (non-hydrogen) atoms. The third kappa shape index (κ3) is 3.93. The predicted molar refractivity (Wildman–Crippen MR) is 78.1 cm³/mol. The smallest absolute Gasteiger partial charge is 0.228 e. The Balaban J connectivity index is 2.02. The highest BCUT2D eigenvalue weighted by atomic mass is 35.5. The predicted octanol–water partition coefficient (Wildman–Crippen LogP) is 3.13. The quantitative estimate of drug-likeness (QED) is 0.868. The van der Waals surface area contributed by atoms with Crippen molar-refractivity contribution in [1.29, 1.82) is 0 Å². The summed E-state index contributed by atoms with van der Waals surface area (Å²) >= 11 is 5.78. The number of hydrogen-bond acceptors (Lipinski definition) is 5. The molecule has 6 heteroatoms. The molecule has 0 atom stereocenters. The van der Waals surface area contributed by atoms with Crippen LogP contribution in [0.15, 0.2) is 0 Å². The van der Waals surface area contributed by atoms with Gasteiger partial charge in [-0.05, 0) is 42.2 Å². The minimum Gasteiger partial charge on any atom is -0.368 e. The van der Waals surface area contributed by atoms with Gasteiger partial charge in [-0.1, -0.05) is 26.7 Å². The molecule has 0 saturated heterocycles. The van der Waals surface area contributed by atoms with Gasteiger partial charge in [0.2, 0.25) is 17.2 Å². The summed E-state index contributed by atoms with van der Waals surface area (Å²) in [7, 11) is 0. The van der Waals surface area contributed by atoms with Crippen LogP contribution >= 0.6 is 11.6 Å². The molecule has 0 aliphatic heterocycles. The molecular weight excluding hydrogens is 262 g/mol. The fourth-order valence-electron chi connectivity index (χ4n) is 3.16. The van der Waals surface area contributed by atoms with E-state index in [1.165, 1.54) is 32.1 Å². The Hall–Kier alpha value is -1.10. The van der Waals surface area contributed by atoms with Gasteiger partial charge in [-0.3, -0.25) is 0 Å². The molecule has 106 valence electrons. The summed E-state index contributed by atoms with van der Waals surface area (Å²) in [5.41, 5.74) is 5.93. The molecule has 0 aromatic carbocycles. The van der Waals surface area contributed by atoms with Crippen LogP contribution in [0.2, 0.25) is 5.28 Å². The zero-order valence-electron chi connectivity index (χ0n) is 11.6. The normalized spacial score (nSPS) is 17.9. The highest BCUT2D eigenvalue weighted by Crippen LogP contribution is 2.43. The van der Waals surface area contributed by atoms with Crippen molar-refractivity contribution >= 4 is 23.5 Å². The summed E-state index contributed by atoms with van der Waals surface area (Å²) in [6, 6.07) is 0. The molecule has 1 aliphatic carbocycles. The number of nitrogens with zero attached hydrogens (tertiary/aromatic N) is 3. The molecule has 3 N–H and O–H groups in total. The molecule has 0 amide bonds. The van der Waals surface area contributed by atoms with E-state index in [1.54, 1.807) is 0 Å². The van der Waals surface area contributed by atoms with Crippen LogP contribution in [0.25, 0.3) is 0 Å². The van der Waals surface area contributed by atoms with Crippen molar-refractivity contribution in [3.05, 3.63) is 5.28 Å². The first-order chi connectivity index (χ1) is 8.99. The number of nitrogen functional groups attached to an aromatic ring is 1. The van der Waals surface area contributed by atoms with Crippen LogP contribution in [-0.4, -0.2) is 21.5 Å².